The van der Waals surface area contributed by atoms with Crippen molar-refractivity contribution in [3.63, 3.8) is 0 Å². The molecule has 0 aliphatic rings. The molecule has 0 radical (unpaired) electrons. The minimum Gasteiger partial charge on any atom is -0.462 e. The Hall–Kier alpha value is -4.71. The molecule has 0 N–H and O–H groups in total. The number of esters is 3. The zero-order valence-electron chi connectivity index (χ0n) is 45.4. The van der Waals surface area contributed by atoms with E-state index in [0.29, 0.717) is 12.8 Å². The van der Waals surface area contributed by atoms with Gasteiger partial charge in [-0.2, -0.15) is 0 Å². The summed E-state index contributed by atoms with van der Waals surface area (Å²) in [7, 11) is 0. The van der Waals surface area contributed by atoms with Gasteiger partial charge in [-0.25, -0.2) is 0 Å². The molecule has 0 saturated heterocycles. The predicted molar refractivity (Wildman–Crippen MR) is 306 cm³/mol. The van der Waals surface area contributed by atoms with Gasteiger partial charge in [0, 0.05) is 19.3 Å². The lowest BCUT2D eigenvalue weighted by molar-refractivity contribution is -0.166. The summed E-state index contributed by atoms with van der Waals surface area (Å²) in [5.41, 5.74) is 0. The third-order valence-electron chi connectivity index (χ3n) is 11.3. The second-order valence-corrected chi connectivity index (χ2v) is 18.1. The monoisotopic (exact) mass is 979 g/mol. The van der Waals surface area contributed by atoms with Crippen LogP contribution in [0.3, 0.4) is 0 Å². The van der Waals surface area contributed by atoms with Gasteiger partial charge in [-0.05, 0) is 128 Å². The molecule has 0 aliphatic heterocycles. The number of hydrogen-bond acceptors (Lipinski definition) is 6. The van der Waals surface area contributed by atoms with E-state index in [4.69, 9.17) is 14.2 Å². The molecule has 6 heteroatoms. The van der Waals surface area contributed by atoms with Crippen LogP contribution in [0.4, 0.5) is 0 Å². The van der Waals surface area contributed by atoms with Crippen molar-refractivity contribution in [2.75, 3.05) is 13.2 Å². The summed E-state index contributed by atoms with van der Waals surface area (Å²) in [5, 5.41) is 0. The summed E-state index contributed by atoms with van der Waals surface area (Å²) in [5.74, 6) is -1.04. The normalized spacial score (nSPS) is 13.2. The summed E-state index contributed by atoms with van der Waals surface area (Å²) in [6, 6.07) is 0. The average molecular weight is 980 g/mol. The molecule has 0 bridgehead atoms. The van der Waals surface area contributed by atoms with Crippen LogP contribution in [0.1, 0.15) is 226 Å². The molecule has 0 amide bonds. The molecule has 0 heterocycles. The van der Waals surface area contributed by atoms with Crippen molar-refractivity contribution in [3.8, 4) is 0 Å². The van der Waals surface area contributed by atoms with Crippen molar-refractivity contribution < 1.29 is 28.6 Å². The van der Waals surface area contributed by atoms with E-state index >= 15 is 0 Å². The van der Waals surface area contributed by atoms with Gasteiger partial charge in [0.2, 0.25) is 0 Å². The largest absolute Gasteiger partial charge is 0.462 e. The van der Waals surface area contributed by atoms with Gasteiger partial charge in [-0.3, -0.25) is 14.4 Å². The first-order valence-electron chi connectivity index (χ1n) is 28.3. The molecule has 0 unspecified atom stereocenters. The minimum atomic E-state index is -0.830. The first-order valence-corrected chi connectivity index (χ1v) is 28.3. The maximum absolute atomic E-state index is 12.9. The first-order chi connectivity index (χ1) is 35.0. The Balaban J connectivity index is 4.58. The highest BCUT2D eigenvalue weighted by Crippen LogP contribution is 2.13. The van der Waals surface area contributed by atoms with Crippen molar-refractivity contribution in [1.29, 1.82) is 0 Å². The third kappa shape index (κ3) is 56.1. The number of allylic oxidation sites excluding steroid dienone is 24. The summed E-state index contributed by atoms with van der Waals surface area (Å²) in [4.78, 5) is 38.1. The Morgan fingerprint density at radius 2 is 0.577 bits per heavy atom. The van der Waals surface area contributed by atoms with Crippen molar-refractivity contribution in [2.24, 2.45) is 0 Å². The zero-order valence-corrected chi connectivity index (χ0v) is 45.4. The molecule has 398 valence electrons. The van der Waals surface area contributed by atoms with Gasteiger partial charge < -0.3 is 14.2 Å². The Morgan fingerprint density at radius 1 is 0.296 bits per heavy atom. The molecule has 0 rings (SSSR count). The van der Waals surface area contributed by atoms with Gasteiger partial charge >= 0.3 is 17.9 Å². The Morgan fingerprint density at radius 3 is 0.944 bits per heavy atom. The van der Waals surface area contributed by atoms with E-state index in [9.17, 15) is 14.4 Å². The van der Waals surface area contributed by atoms with E-state index < -0.39 is 6.10 Å². The van der Waals surface area contributed by atoms with E-state index in [2.05, 4.69) is 154 Å². The number of carbonyl (C=O) groups is 3. The lowest BCUT2D eigenvalue weighted by Crippen LogP contribution is -2.30. The van der Waals surface area contributed by atoms with Gasteiger partial charge in [0.1, 0.15) is 13.2 Å². The second kappa shape index (κ2) is 57.9. The lowest BCUT2D eigenvalue weighted by Gasteiger charge is -2.18. The fraction of sp³-hybridized carbons (Fsp3) is 0.585. The van der Waals surface area contributed by atoms with Crippen LogP contribution in [-0.4, -0.2) is 37.2 Å². The SMILES string of the molecule is CC/C=C\C/C=C\C/C=C\C/C=C\C/C=C\C/C=C\CCC(=O)OC[C@@H](COC(=O)CCCCCCC/C=C\C/C=C\C/C=C\CC)OC(=O)CCCCCCCC/C=C\C/C=C\C/C=C\CCCCC. The highest BCUT2D eigenvalue weighted by atomic mass is 16.6. The van der Waals surface area contributed by atoms with E-state index in [1.807, 2.05) is 12.2 Å². The zero-order chi connectivity index (χ0) is 51.4. The van der Waals surface area contributed by atoms with Crippen LogP contribution in [-0.2, 0) is 28.6 Å². The fourth-order valence-corrected chi connectivity index (χ4v) is 7.13. The van der Waals surface area contributed by atoms with Crippen molar-refractivity contribution in [2.45, 2.75) is 232 Å². The number of rotatable bonds is 49. The van der Waals surface area contributed by atoms with Gasteiger partial charge in [0.15, 0.2) is 6.10 Å². The molecule has 0 aromatic rings. The highest BCUT2D eigenvalue weighted by molar-refractivity contribution is 5.71. The number of carbonyl (C=O) groups excluding carboxylic acids is 3. The average Bonchev–Trinajstić information content (AvgIpc) is 3.37. The molecule has 0 spiro atoms. The molecular formula is C65H102O6. The van der Waals surface area contributed by atoms with E-state index in [0.717, 1.165) is 141 Å². The van der Waals surface area contributed by atoms with Crippen LogP contribution < -0.4 is 0 Å². The highest BCUT2D eigenvalue weighted by Gasteiger charge is 2.19. The summed E-state index contributed by atoms with van der Waals surface area (Å²) < 4.78 is 16.8. The standard InChI is InChI=1S/C65H102O6/c1-4-7-10-13-16-19-22-25-28-30-32-34-37-40-43-46-49-52-55-58-64(67)70-61-62(60-69-63(66)57-54-51-48-45-42-39-36-27-24-21-18-15-12-9-6-3)71-65(68)59-56-53-50-47-44-41-38-35-33-31-29-26-23-20-17-14-11-8-5-2/h7,9-10,12,16-21,25-29,32-36,40,43,49,52,62H,4-6,8,11,13-15,22-24,30-31,37-39,41-42,44-48,50-51,53-61H2,1-3H3/b10-7-,12-9-,19-16-,20-17-,21-18-,28-25-,29-26-,34-32-,35-33-,36-27-,43-40-,52-49-/t62-/m1/s1. The summed E-state index contributed by atoms with van der Waals surface area (Å²) in [6.07, 6.45) is 82.7. The third-order valence-corrected chi connectivity index (χ3v) is 11.3. The van der Waals surface area contributed by atoms with Crippen LogP contribution >= 0.6 is 0 Å². The van der Waals surface area contributed by atoms with Crippen molar-refractivity contribution in [1.82, 2.24) is 0 Å². The molecule has 1 atom stereocenters. The quantitative estimate of drug-likeness (QED) is 0.0262. The molecule has 0 aromatic heterocycles. The molecular weight excluding hydrogens is 877 g/mol. The van der Waals surface area contributed by atoms with Crippen LogP contribution in [0.25, 0.3) is 0 Å². The Labute approximate surface area is 436 Å². The molecule has 71 heavy (non-hydrogen) atoms. The molecule has 0 saturated carbocycles. The van der Waals surface area contributed by atoms with E-state index in [-0.39, 0.29) is 44.0 Å². The smallest absolute Gasteiger partial charge is 0.306 e. The summed E-state index contributed by atoms with van der Waals surface area (Å²) >= 11 is 0. The van der Waals surface area contributed by atoms with Crippen molar-refractivity contribution in [3.05, 3.63) is 146 Å². The topological polar surface area (TPSA) is 78.9 Å². The van der Waals surface area contributed by atoms with Gasteiger partial charge in [0.05, 0.1) is 0 Å². The van der Waals surface area contributed by atoms with Crippen LogP contribution in [0.15, 0.2) is 146 Å². The molecule has 0 aromatic carbocycles. The van der Waals surface area contributed by atoms with E-state index in [1.165, 1.54) is 38.5 Å². The number of ether oxygens (including phenoxy) is 3. The molecule has 0 aliphatic carbocycles. The maximum Gasteiger partial charge on any atom is 0.306 e. The second-order valence-electron chi connectivity index (χ2n) is 18.1. The number of hydrogen-bond donors (Lipinski definition) is 0. The van der Waals surface area contributed by atoms with Crippen LogP contribution in [0.5, 0.6) is 0 Å². The van der Waals surface area contributed by atoms with E-state index in [1.54, 1.807) is 0 Å². The van der Waals surface area contributed by atoms with Gasteiger partial charge in [0.25, 0.3) is 0 Å². The predicted octanol–water partition coefficient (Wildman–Crippen LogP) is 19.2. The fourth-order valence-electron chi connectivity index (χ4n) is 7.13. The molecule has 0 fully saturated rings. The molecule has 6 nitrogen and oxygen atoms in total. The first kappa shape index (κ1) is 66.3. The minimum absolute atomic E-state index is 0.122. The Bertz CT molecular complexity index is 1590. The van der Waals surface area contributed by atoms with Gasteiger partial charge in [-0.15, -0.1) is 0 Å². The van der Waals surface area contributed by atoms with Crippen LogP contribution in [0, 0.1) is 0 Å². The number of unbranched alkanes of at least 4 members (excludes halogenated alkanes) is 14. The Kier molecular flexibility index (Phi) is 54.0. The van der Waals surface area contributed by atoms with Gasteiger partial charge in [-0.1, -0.05) is 224 Å². The lowest BCUT2D eigenvalue weighted by atomic mass is 10.1. The van der Waals surface area contributed by atoms with Crippen LogP contribution in [0.2, 0.25) is 0 Å². The summed E-state index contributed by atoms with van der Waals surface area (Å²) in [6.45, 7) is 6.28. The van der Waals surface area contributed by atoms with Crippen molar-refractivity contribution >= 4 is 17.9 Å². The maximum atomic E-state index is 12.9.